The first kappa shape index (κ1) is 18.0. The molecular formula is C14H18ClN3O4S. The van der Waals surface area contributed by atoms with Crippen molar-refractivity contribution in [1.82, 2.24) is 14.9 Å². The van der Waals surface area contributed by atoms with Gasteiger partial charge in [0.15, 0.2) is 10.9 Å². The SMILES string of the molecule is COC(=O)C1(C)CC(OC(=O)c2nc(SC)ncc2Cl)CN1C. The molecule has 0 amide bonds. The van der Waals surface area contributed by atoms with E-state index in [9.17, 15) is 9.59 Å². The molecule has 2 unspecified atom stereocenters. The third-order valence-electron chi connectivity index (χ3n) is 3.94. The number of thioether (sulfide) groups is 1. The van der Waals surface area contributed by atoms with Crippen LogP contribution in [0.1, 0.15) is 23.8 Å². The maximum atomic E-state index is 12.3. The van der Waals surface area contributed by atoms with Gasteiger partial charge in [0.1, 0.15) is 11.6 Å². The van der Waals surface area contributed by atoms with Gasteiger partial charge in [-0.3, -0.25) is 9.69 Å². The number of hydrogen-bond acceptors (Lipinski definition) is 8. The first-order valence-corrected chi connectivity index (χ1v) is 8.49. The number of ether oxygens (including phenoxy) is 2. The summed E-state index contributed by atoms with van der Waals surface area (Å²) >= 11 is 7.27. The van der Waals surface area contributed by atoms with E-state index >= 15 is 0 Å². The van der Waals surface area contributed by atoms with Gasteiger partial charge in [-0.25, -0.2) is 14.8 Å². The molecule has 2 atom stereocenters. The average molecular weight is 360 g/mol. The Kier molecular flexibility index (Phi) is 5.49. The van der Waals surface area contributed by atoms with Gasteiger partial charge in [0.2, 0.25) is 0 Å². The molecule has 23 heavy (non-hydrogen) atoms. The third-order valence-corrected chi connectivity index (χ3v) is 4.78. The number of aromatic nitrogens is 2. The fraction of sp³-hybridized carbons (Fsp3) is 0.571. The molecule has 9 heteroatoms. The number of carbonyl (C=O) groups is 2. The van der Waals surface area contributed by atoms with Crippen LogP contribution in [-0.4, -0.2) is 65.4 Å². The number of likely N-dealkylation sites (tertiary alicyclic amines) is 1. The van der Waals surface area contributed by atoms with Crippen molar-refractivity contribution >= 4 is 35.3 Å². The van der Waals surface area contributed by atoms with Gasteiger partial charge in [0.05, 0.1) is 18.3 Å². The van der Waals surface area contributed by atoms with Crippen LogP contribution in [0, 0.1) is 0 Å². The monoisotopic (exact) mass is 359 g/mol. The Labute approximate surface area is 143 Å². The van der Waals surface area contributed by atoms with Crippen molar-refractivity contribution in [2.75, 3.05) is 27.0 Å². The minimum atomic E-state index is -0.820. The highest BCUT2D eigenvalue weighted by atomic mass is 35.5. The number of rotatable bonds is 4. The van der Waals surface area contributed by atoms with Crippen molar-refractivity contribution in [2.24, 2.45) is 0 Å². The minimum absolute atomic E-state index is 0.0281. The molecule has 0 spiro atoms. The Bertz CT molecular complexity index is 630. The highest BCUT2D eigenvalue weighted by Gasteiger charge is 2.48. The van der Waals surface area contributed by atoms with E-state index in [2.05, 4.69) is 9.97 Å². The van der Waals surface area contributed by atoms with Gasteiger partial charge < -0.3 is 9.47 Å². The van der Waals surface area contributed by atoms with Crippen LogP contribution >= 0.6 is 23.4 Å². The lowest BCUT2D eigenvalue weighted by molar-refractivity contribution is -0.151. The van der Waals surface area contributed by atoms with Gasteiger partial charge in [-0.15, -0.1) is 0 Å². The summed E-state index contributed by atoms with van der Waals surface area (Å²) in [5.74, 6) is -0.983. The summed E-state index contributed by atoms with van der Waals surface area (Å²) < 4.78 is 10.3. The molecule has 0 radical (unpaired) electrons. The number of halogens is 1. The molecule has 126 valence electrons. The van der Waals surface area contributed by atoms with E-state index in [1.807, 2.05) is 4.90 Å². The lowest BCUT2D eigenvalue weighted by Gasteiger charge is -2.28. The van der Waals surface area contributed by atoms with Crippen molar-refractivity contribution in [3.8, 4) is 0 Å². The molecule has 2 rings (SSSR count). The topological polar surface area (TPSA) is 81.6 Å². The first-order chi connectivity index (χ1) is 10.8. The zero-order valence-corrected chi connectivity index (χ0v) is 14.9. The Morgan fingerprint density at radius 3 is 2.83 bits per heavy atom. The largest absolute Gasteiger partial charge is 0.468 e. The number of nitrogens with zero attached hydrogens (tertiary/aromatic N) is 3. The summed E-state index contributed by atoms with van der Waals surface area (Å²) in [5, 5.41) is 0.569. The minimum Gasteiger partial charge on any atom is -0.468 e. The van der Waals surface area contributed by atoms with Gasteiger partial charge in [0.25, 0.3) is 0 Å². The predicted molar refractivity (Wildman–Crippen MR) is 85.7 cm³/mol. The lowest BCUT2D eigenvalue weighted by atomic mass is 9.99. The van der Waals surface area contributed by atoms with Crippen molar-refractivity contribution in [3.63, 3.8) is 0 Å². The van der Waals surface area contributed by atoms with Gasteiger partial charge in [-0.2, -0.15) is 0 Å². The standard InChI is InChI=1S/C14H18ClN3O4S/c1-14(12(20)21-3)5-8(7-18(14)2)22-11(19)10-9(15)6-16-13(17-10)23-4/h6,8H,5,7H2,1-4H3. The molecule has 1 fully saturated rings. The third kappa shape index (κ3) is 3.59. The predicted octanol–water partition coefficient (Wildman–Crippen LogP) is 1.64. The lowest BCUT2D eigenvalue weighted by Crippen LogP contribution is -2.46. The van der Waals surface area contributed by atoms with E-state index in [0.29, 0.717) is 18.1 Å². The number of hydrogen-bond donors (Lipinski definition) is 0. The zero-order chi connectivity index (χ0) is 17.2. The fourth-order valence-electron chi connectivity index (χ4n) is 2.51. The Balaban J connectivity index is 2.12. The summed E-state index contributed by atoms with van der Waals surface area (Å²) in [4.78, 5) is 34.1. The van der Waals surface area contributed by atoms with E-state index in [4.69, 9.17) is 21.1 Å². The highest BCUT2D eigenvalue weighted by molar-refractivity contribution is 7.98. The second-order valence-corrected chi connectivity index (χ2v) is 6.61. The van der Waals surface area contributed by atoms with Crippen molar-refractivity contribution in [3.05, 3.63) is 16.9 Å². The van der Waals surface area contributed by atoms with Gasteiger partial charge >= 0.3 is 11.9 Å². The molecule has 7 nitrogen and oxygen atoms in total. The fourth-order valence-corrected chi connectivity index (χ4v) is 3.02. The molecule has 1 saturated heterocycles. The average Bonchev–Trinajstić information content (AvgIpc) is 2.82. The van der Waals surface area contributed by atoms with E-state index in [1.54, 1.807) is 20.2 Å². The molecule has 0 saturated carbocycles. The Morgan fingerprint density at radius 2 is 2.22 bits per heavy atom. The van der Waals surface area contributed by atoms with E-state index in [1.165, 1.54) is 25.1 Å². The molecule has 0 aliphatic carbocycles. The molecule has 0 N–H and O–H groups in total. The van der Waals surface area contributed by atoms with Crippen LogP contribution < -0.4 is 0 Å². The van der Waals surface area contributed by atoms with Crippen LogP contribution in [0.5, 0.6) is 0 Å². The normalized spacial score (nSPS) is 24.5. The van der Waals surface area contributed by atoms with Crippen LogP contribution in [-0.2, 0) is 14.3 Å². The van der Waals surface area contributed by atoms with E-state index in [-0.39, 0.29) is 16.7 Å². The second-order valence-electron chi connectivity index (χ2n) is 5.43. The first-order valence-electron chi connectivity index (χ1n) is 6.89. The zero-order valence-electron chi connectivity index (χ0n) is 13.3. The van der Waals surface area contributed by atoms with Crippen molar-refractivity contribution < 1.29 is 19.1 Å². The highest BCUT2D eigenvalue weighted by Crippen LogP contribution is 2.31. The summed E-state index contributed by atoms with van der Waals surface area (Å²) in [5.41, 5.74) is -0.792. The summed E-state index contributed by atoms with van der Waals surface area (Å²) in [6, 6.07) is 0. The molecule has 1 aliphatic rings. The molecule has 1 aromatic heterocycles. The number of carbonyl (C=O) groups excluding carboxylic acids is 2. The van der Waals surface area contributed by atoms with Crippen LogP contribution in [0.15, 0.2) is 11.4 Å². The van der Waals surface area contributed by atoms with Crippen molar-refractivity contribution in [1.29, 1.82) is 0 Å². The smallest absolute Gasteiger partial charge is 0.358 e. The molecule has 1 aromatic rings. The van der Waals surface area contributed by atoms with Gasteiger partial charge in [-0.05, 0) is 20.2 Å². The number of esters is 2. The maximum absolute atomic E-state index is 12.3. The van der Waals surface area contributed by atoms with Gasteiger partial charge in [0, 0.05) is 13.0 Å². The summed E-state index contributed by atoms with van der Waals surface area (Å²) in [7, 11) is 3.12. The van der Waals surface area contributed by atoms with E-state index < -0.39 is 17.6 Å². The van der Waals surface area contributed by atoms with Crippen LogP contribution in [0.3, 0.4) is 0 Å². The number of likely N-dealkylation sites (N-methyl/N-ethyl adjacent to an activating group) is 1. The summed E-state index contributed by atoms with van der Waals surface area (Å²) in [6.45, 7) is 2.19. The Morgan fingerprint density at radius 1 is 1.52 bits per heavy atom. The summed E-state index contributed by atoms with van der Waals surface area (Å²) in [6.07, 6.45) is 3.07. The van der Waals surface area contributed by atoms with Crippen LogP contribution in [0.4, 0.5) is 0 Å². The van der Waals surface area contributed by atoms with Crippen LogP contribution in [0.25, 0.3) is 0 Å². The number of methoxy groups -OCH3 is 1. The van der Waals surface area contributed by atoms with Crippen LogP contribution in [0.2, 0.25) is 5.02 Å². The van der Waals surface area contributed by atoms with Gasteiger partial charge in [-0.1, -0.05) is 23.4 Å². The van der Waals surface area contributed by atoms with E-state index in [0.717, 1.165) is 0 Å². The molecular weight excluding hydrogens is 342 g/mol. The quantitative estimate of drug-likeness (QED) is 0.456. The maximum Gasteiger partial charge on any atom is 0.358 e. The molecule has 0 aromatic carbocycles. The molecule has 2 heterocycles. The Hall–Kier alpha value is -1.38. The molecule has 1 aliphatic heterocycles. The second kappa shape index (κ2) is 7.02. The molecule has 0 bridgehead atoms. The van der Waals surface area contributed by atoms with Crippen molar-refractivity contribution in [2.45, 2.75) is 30.1 Å².